The van der Waals surface area contributed by atoms with Gasteiger partial charge in [0.05, 0.1) is 19.1 Å². The lowest BCUT2D eigenvalue weighted by Crippen LogP contribution is -2.51. The second-order valence-electron chi connectivity index (χ2n) is 15.7. The van der Waals surface area contributed by atoms with Gasteiger partial charge < -0.3 is 33.3 Å². The lowest BCUT2D eigenvalue weighted by atomic mass is 9.79. The third-order valence-electron chi connectivity index (χ3n) is 10.4. The van der Waals surface area contributed by atoms with E-state index in [1.165, 1.54) is 0 Å². The van der Waals surface area contributed by atoms with Gasteiger partial charge in [0.2, 0.25) is 5.91 Å². The third kappa shape index (κ3) is 10.5. The standard InChI is InChI=1S/C45H57N3O7/c1-6-53-42(49)16-10-27-54-37-21-17-32(18-22-37)33-12-9-13-34(28-33)38-23-25-47(44(51)55-45(2,3)4)31-40(38)43(50)48(36-19-20-36)30-35-29-46(24-11-26-52-5)41-15-8-7-14-39(35)41/h7-9,12-15,17-18,21-22,28-29,36,38,40H,6,10-11,16,19-20,23-27,30-31H2,1-5H3/t38-,40+/m1/s1. The summed E-state index contributed by atoms with van der Waals surface area (Å²) in [6.45, 7) is 11.1. The molecule has 1 aliphatic heterocycles. The molecule has 1 saturated heterocycles. The maximum Gasteiger partial charge on any atom is 0.410 e. The van der Waals surface area contributed by atoms with Gasteiger partial charge in [-0.25, -0.2) is 4.79 Å². The maximum absolute atomic E-state index is 15.0. The molecule has 2 aliphatic rings. The monoisotopic (exact) mass is 751 g/mol. The smallest absolute Gasteiger partial charge is 0.410 e. The van der Waals surface area contributed by atoms with E-state index in [1.54, 1.807) is 18.9 Å². The number of carbonyl (C=O) groups is 3. The number of hydrogen-bond donors (Lipinski definition) is 0. The molecule has 10 heteroatoms. The van der Waals surface area contributed by atoms with Gasteiger partial charge in [0.15, 0.2) is 0 Å². The van der Waals surface area contributed by atoms with E-state index in [-0.39, 0.29) is 29.9 Å². The summed E-state index contributed by atoms with van der Waals surface area (Å²) in [4.78, 5) is 43.9. The molecule has 1 aromatic heterocycles. The number of esters is 1. The Balaban J connectivity index is 1.24. The molecule has 1 saturated carbocycles. The van der Waals surface area contributed by atoms with Gasteiger partial charge in [-0.3, -0.25) is 9.59 Å². The Hall–Kier alpha value is -4.83. The fourth-order valence-electron chi connectivity index (χ4n) is 7.61. The number of aromatic nitrogens is 1. The van der Waals surface area contributed by atoms with E-state index in [1.807, 2.05) is 45.0 Å². The van der Waals surface area contributed by atoms with Crippen molar-refractivity contribution in [2.75, 3.05) is 40.0 Å². The van der Waals surface area contributed by atoms with Crippen molar-refractivity contribution >= 4 is 28.9 Å². The van der Waals surface area contributed by atoms with E-state index < -0.39 is 11.5 Å². The Bertz CT molecular complexity index is 1910. The molecule has 6 rings (SSSR count). The summed E-state index contributed by atoms with van der Waals surface area (Å²) in [6.07, 6.45) is 6.25. The molecule has 0 bridgehead atoms. The van der Waals surface area contributed by atoms with Crippen LogP contribution in [0.1, 0.15) is 83.3 Å². The van der Waals surface area contributed by atoms with Gasteiger partial charge in [0.1, 0.15) is 11.4 Å². The Morgan fingerprint density at radius 2 is 1.67 bits per heavy atom. The number of piperidine rings is 1. The number of methoxy groups -OCH3 is 1. The second-order valence-corrected chi connectivity index (χ2v) is 15.7. The predicted molar refractivity (Wildman–Crippen MR) is 214 cm³/mol. The maximum atomic E-state index is 15.0. The van der Waals surface area contributed by atoms with E-state index in [9.17, 15) is 9.59 Å². The molecule has 0 radical (unpaired) electrons. The zero-order valence-electron chi connectivity index (χ0n) is 33.1. The first-order valence-corrected chi connectivity index (χ1v) is 19.9. The van der Waals surface area contributed by atoms with Crippen molar-refractivity contribution in [3.63, 3.8) is 0 Å². The van der Waals surface area contributed by atoms with Crippen LogP contribution in [-0.4, -0.2) is 84.0 Å². The highest BCUT2D eigenvalue weighted by Crippen LogP contribution is 2.40. The van der Waals surface area contributed by atoms with Crippen LogP contribution < -0.4 is 4.74 Å². The average Bonchev–Trinajstić information content (AvgIpc) is 3.97. The summed E-state index contributed by atoms with van der Waals surface area (Å²) < 4.78 is 24.3. The summed E-state index contributed by atoms with van der Waals surface area (Å²) >= 11 is 0. The average molecular weight is 752 g/mol. The summed E-state index contributed by atoms with van der Waals surface area (Å²) in [5, 5.41) is 1.16. The molecule has 2 atom stereocenters. The van der Waals surface area contributed by atoms with E-state index in [0.29, 0.717) is 58.7 Å². The van der Waals surface area contributed by atoms with Crippen LogP contribution in [0.4, 0.5) is 4.79 Å². The first-order chi connectivity index (χ1) is 26.5. The molecule has 10 nitrogen and oxygen atoms in total. The number of para-hydroxylation sites is 1. The van der Waals surface area contributed by atoms with Gasteiger partial charge in [-0.05, 0) is 106 Å². The topological polar surface area (TPSA) is 99.5 Å². The molecule has 0 unspecified atom stereocenters. The normalized spacial score (nSPS) is 17.2. The van der Waals surface area contributed by atoms with Crippen LogP contribution in [0.15, 0.2) is 79.0 Å². The van der Waals surface area contributed by atoms with Crippen molar-refractivity contribution in [1.29, 1.82) is 0 Å². The van der Waals surface area contributed by atoms with Gasteiger partial charge >= 0.3 is 12.1 Å². The summed E-state index contributed by atoms with van der Waals surface area (Å²) in [7, 11) is 1.73. The van der Waals surface area contributed by atoms with Crippen LogP contribution >= 0.6 is 0 Å². The highest BCUT2D eigenvalue weighted by atomic mass is 16.6. The Morgan fingerprint density at radius 3 is 2.40 bits per heavy atom. The van der Waals surface area contributed by atoms with Crippen molar-refractivity contribution < 1.29 is 33.3 Å². The molecule has 2 amide bonds. The number of amides is 2. The van der Waals surface area contributed by atoms with Crippen LogP contribution in [0.3, 0.4) is 0 Å². The zero-order chi connectivity index (χ0) is 39.0. The molecule has 2 heterocycles. The molecule has 0 spiro atoms. The highest BCUT2D eigenvalue weighted by molar-refractivity contribution is 5.86. The van der Waals surface area contributed by atoms with Crippen LogP contribution in [0.2, 0.25) is 0 Å². The molecule has 2 fully saturated rings. The minimum absolute atomic E-state index is 0.0789. The van der Waals surface area contributed by atoms with Crippen LogP contribution in [0.5, 0.6) is 5.75 Å². The fourth-order valence-corrected chi connectivity index (χ4v) is 7.61. The number of hydrogen-bond acceptors (Lipinski definition) is 7. The Kier molecular flexibility index (Phi) is 13.2. The first kappa shape index (κ1) is 39.9. The highest BCUT2D eigenvalue weighted by Gasteiger charge is 2.43. The molecule has 0 N–H and O–H groups in total. The van der Waals surface area contributed by atoms with Crippen molar-refractivity contribution in [3.8, 4) is 16.9 Å². The molecule has 3 aromatic carbocycles. The number of rotatable bonds is 16. The number of carbonyl (C=O) groups excluding carboxylic acids is 3. The molecule has 4 aromatic rings. The second kappa shape index (κ2) is 18.2. The number of aryl methyl sites for hydroxylation is 1. The molecule has 294 valence electrons. The summed E-state index contributed by atoms with van der Waals surface area (Å²) in [6, 6.07) is 25.0. The van der Waals surface area contributed by atoms with E-state index >= 15 is 4.79 Å². The summed E-state index contributed by atoms with van der Waals surface area (Å²) in [5.41, 5.74) is 4.84. The van der Waals surface area contributed by atoms with Gasteiger partial charge in [0, 0.05) is 69.5 Å². The van der Waals surface area contributed by atoms with E-state index in [0.717, 1.165) is 64.7 Å². The molecule has 1 aliphatic carbocycles. The van der Waals surface area contributed by atoms with Crippen molar-refractivity contribution in [2.45, 2.75) is 96.9 Å². The Morgan fingerprint density at radius 1 is 0.891 bits per heavy atom. The molecular formula is C45H57N3O7. The fraction of sp³-hybridized carbons (Fsp3) is 0.489. The largest absolute Gasteiger partial charge is 0.494 e. The van der Waals surface area contributed by atoms with Gasteiger partial charge in [-0.1, -0.05) is 54.6 Å². The van der Waals surface area contributed by atoms with Crippen molar-refractivity contribution in [1.82, 2.24) is 14.4 Å². The minimum Gasteiger partial charge on any atom is -0.494 e. The Labute approximate surface area is 325 Å². The first-order valence-electron chi connectivity index (χ1n) is 19.9. The van der Waals surface area contributed by atoms with Gasteiger partial charge in [-0.15, -0.1) is 0 Å². The van der Waals surface area contributed by atoms with Crippen molar-refractivity contribution in [3.05, 3.63) is 90.1 Å². The van der Waals surface area contributed by atoms with Gasteiger partial charge in [0.25, 0.3) is 0 Å². The quantitative estimate of drug-likeness (QED) is 0.0836. The van der Waals surface area contributed by atoms with Crippen LogP contribution in [0, 0.1) is 5.92 Å². The predicted octanol–water partition coefficient (Wildman–Crippen LogP) is 8.60. The number of benzene rings is 3. The number of ether oxygens (including phenoxy) is 4. The lowest BCUT2D eigenvalue weighted by Gasteiger charge is -2.40. The van der Waals surface area contributed by atoms with E-state index in [2.05, 4.69) is 64.2 Å². The minimum atomic E-state index is -0.636. The van der Waals surface area contributed by atoms with Crippen LogP contribution in [0.25, 0.3) is 22.0 Å². The number of fused-ring (bicyclic) bond motifs is 1. The molecular weight excluding hydrogens is 695 g/mol. The zero-order valence-corrected chi connectivity index (χ0v) is 33.1. The van der Waals surface area contributed by atoms with Crippen molar-refractivity contribution in [2.24, 2.45) is 5.92 Å². The third-order valence-corrected chi connectivity index (χ3v) is 10.4. The lowest BCUT2D eigenvalue weighted by molar-refractivity contribution is -0.143. The van der Waals surface area contributed by atoms with Crippen LogP contribution in [-0.2, 0) is 36.9 Å². The summed E-state index contributed by atoms with van der Waals surface area (Å²) in [5.74, 6) is 0.107. The number of nitrogens with zero attached hydrogens (tertiary/aromatic N) is 3. The number of likely N-dealkylation sites (tertiary alicyclic amines) is 1. The van der Waals surface area contributed by atoms with Gasteiger partial charge in [-0.2, -0.15) is 0 Å². The molecule has 55 heavy (non-hydrogen) atoms. The SMILES string of the molecule is CCOC(=O)CCCOc1ccc(-c2cccc([C@H]3CCN(C(=O)OC(C)(C)C)C[C@@H]3C(=O)N(Cc3cn(CCCOC)c4ccccc34)C3CC3)c2)cc1. The van der Waals surface area contributed by atoms with E-state index in [4.69, 9.17) is 18.9 Å².